The van der Waals surface area contributed by atoms with E-state index in [0.29, 0.717) is 29.8 Å². The Bertz CT molecular complexity index is 437. The van der Waals surface area contributed by atoms with Crippen LogP contribution in [-0.2, 0) is 17.7 Å². The third kappa shape index (κ3) is 2.49. The average Bonchev–Trinajstić information content (AvgIpc) is 2.28. The van der Waals surface area contributed by atoms with Crippen molar-refractivity contribution < 1.29 is 9.53 Å². The number of aromatic nitrogens is 1. The Labute approximate surface area is 93.6 Å². The van der Waals surface area contributed by atoms with Gasteiger partial charge in [-0.25, -0.2) is 4.79 Å². The number of ether oxygens (including phenoxy) is 1. The van der Waals surface area contributed by atoms with Crippen LogP contribution in [0.2, 0.25) is 0 Å². The third-order valence-electron chi connectivity index (χ3n) is 2.27. The first-order valence-corrected chi connectivity index (χ1v) is 5.26. The fourth-order valence-corrected chi connectivity index (χ4v) is 1.43. The van der Waals surface area contributed by atoms with Crippen molar-refractivity contribution in [2.24, 2.45) is 5.73 Å². The minimum absolute atomic E-state index is 0.103. The molecule has 0 saturated carbocycles. The second-order valence-corrected chi connectivity index (χ2v) is 3.29. The minimum atomic E-state index is -0.426. The first kappa shape index (κ1) is 12.4. The Balaban J connectivity index is 3.24. The zero-order chi connectivity index (χ0) is 12.1. The van der Waals surface area contributed by atoms with Crippen molar-refractivity contribution in [3.8, 4) is 0 Å². The number of hydrogen-bond acceptors (Lipinski definition) is 4. The maximum atomic E-state index is 11.6. The molecule has 5 nitrogen and oxygen atoms in total. The summed E-state index contributed by atoms with van der Waals surface area (Å²) in [4.78, 5) is 25.7. The van der Waals surface area contributed by atoms with Gasteiger partial charge in [0.1, 0.15) is 0 Å². The number of carbonyl (C=O) groups excluding carboxylic acids is 1. The quantitative estimate of drug-likeness (QED) is 0.732. The summed E-state index contributed by atoms with van der Waals surface area (Å²) < 4.78 is 4.91. The van der Waals surface area contributed by atoms with Crippen LogP contribution in [0, 0.1) is 0 Å². The molecule has 0 aliphatic carbocycles. The van der Waals surface area contributed by atoms with E-state index in [1.807, 2.05) is 6.92 Å². The van der Waals surface area contributed by atoms with E-state index in [-0.39, 0.29) is 12.1 Å². The highest BCUT2D eigenvalue weighted by Crippen LogP contribution is 2.08. The van der Waals surface area contributed by atoms with Crippen LogP contribution in [0.1, 0.15) is 35.5 Å². The van der Waals surface area contributed by atoms with Crippen molar-refractivity contribution in [1.29, 1.82) is 0 Å². The number of H-pyrrole nitrogens is 1. The Kier molecular flexibility index (Phi) is 4.25. The van der Waals surface area contributed by atoms with E-state index in [0.717, 1.165) is 0 Å². The van der Waals surface area contributed by atoms with Gasteiger partial charge in [0, 0.05) is 17.8 Å². The zero-order valence-corrected chi connectivity index (χ0v) is 9.50. The van der Waals surface area contributed by atoms with Crippen molar-refractivity contribution in [2.45, 2.75) is 26.8 Å². The summed E-state index contributed by atoms with van der Waals surface area (Å²) in [6, 6.07) is 1.51. The van der Waals surface area contributed by atoms with Crippen LogP contribution in [0.5, 0.6) is 0 Å². The highest BCUT2D eigenvalue weighted by atomic mass is 16.5. The molecule has 88 valence electrons. The van der Waals surface area contributed by atoms with Crippen LogP contribution >= 0.6 is 0 Å². The van der Waals surface area contributed by atoms with Crippen LogP contribution in [0.3, 0.4) is 0 Å². The topological polar surface area (TPSA) is 85.2 Å². The van der Waals surface area contributed by atoms with Gasteiger partial charge < -0.3 is 15.5 Å². The normalized spacial score (nSPS) is 10.2. The molecule has 5 heteroatoms. The Morgan fingerprint density at radius 1 is 1.50 bits per heavy atom. The molecular weight excluding hydrogens is 208 g/mol. The van der Waals surface area contributed by atoms with Gasteiger partial charge in [0.2, 0.25) is 0 Å². The molecule has 0 radical (unpaired) electrons. The lowest BCUT2D eigenvalue weighted by Gasteiger charge is -2.08. The van der Waals surface area contributed by atoms with E-state index in [4.69, 9.17) is 10.5 Å². The van der Waals surface area contributed by atoms with Crippen LogP contribution in [0.15, 0.2) is 10.9 Å². The Morgan fingerprint density at radius 2 is 2.19 bits per heavy atom. The van der Waals surface area contributed by atoms with Crippen molar-refractivity contribution in [3.63, 3.8) is 0 Å². The molecule has 1 heterocycles. The number of nitrogens with two attached hydrogens (primary N) is 1. The predicted molar refractivity (Wildman–Crippen MR) is 60.3 cm³/mol. The van der Waals surface area contributed by atoms with Gasteiger partial charge in [0.25, 0.3) is 5.56 Å². The Hall–Kier alpha value is -1.62. The number of pyridine rings is 1. The van der Waals surface area contributed by atoms with Crippen LogP contribution in [0.25, 0.3) is 0 Å². The summed E-state index contributed by atoms with van der Waals surface area (Å²) in [7, 11) is 0. The van der Waals surface area contributed by atoms with Gasteiger partial charge in [-0.1, -0.05) is 6.92 Å². The van der Waals surface area contributed by atoms with E-state index in [2.05, 4.69) is 4.98 Å². The van der Waals surface area contributed by atoms with Gasteiger partial charge in [-0.05, 0) is 19.4 Å². The molecule has 16 heavy (non-hydrogen) atoms. The molecule has 0 spiro atoms. The summed E-state index contributed by atoms with van der Waals surface area (Å²) in [5, 5.41) is 0. The number of aryl methyl sites for hydroxylation is 1. The molecule has 0 aromatic carbocycles. The van der Waals surface area contributed by atoms with Crippen LogP contribution in [-0.4, -0.2) is 17.6 Å². The van der Waals surface area contributed by atoms with Gasteiger partial charge in [-0.2, -0.15) is 0 Å². The van der Waals surface area contributed by atoms with Crippen molar-refractivity contribution in [3.05, 3.63) is 33.2 Å². The van der Waals surface area contributed by atoms with Crippen molar-refractivity contribution in [2.75, 3.05) is 6.61 Å². The molecule has 0 amide bonds. The standard InChI is InChI=1S/C11H16N2O3/c1-3-9-8(11(15)16-4-2)5-7(6-12)10(14)13-9/h5H,3-4,6,12H2,1-2H3,(H,13,14). The largest absolute Gasteiger partial charge is 0.462 e. The highest BCUT2D eigenvalue weighted by molar-refractivity contribution is 5.90. The first-order chi connectivity index (χ1) is 7.63. The fraction of sp³-hybridized carbons (Fsp3) is 0.455. The van der Waals surface area contributed by atoms with E-state index in [1.165, 1.54) is 6.07 Å². The average molecular weight is 224 g/mol. The lowest BCUT2D eigenvalue weighted by molar-refractivity contribution is 0.0524. The van der Waals surface area contributed by atoms with Gasteiger partial charge in [-0.3, -0.25) is 4.79 Å². The molecule has 0 bridgehead atoms. The molecule has 0 aliphatic heterocycles. The summed E-state index contributed by atoms with van der Waals surface area (Å²) in [6.07, 6.45) is 0.564. The number of esters is 1. The SMILES string of the molecule is CCOC(=O)c1cc(CN)c(=O)[nH]c1CC. The number of hydrogen-bond donors (Lipinski definition) is 2. The minimum Gasteiger partial charge on any atom is -0.462 e. The summed E-state index contributed by atoms with van der Waals surface area (Å²) >= 11 is 0. The first-order valence-electron chi connectivity index (χ1n) is 5.26. The molecule has 0 fully saturated rings. The van der Waals surface area contributed by atoms with E-state index < -0.39 is 5.97 Å². The smallest absolute Gasteiger partial charge is 0.339 e. The zero-order valence-electron chi connectivity index (χ0n) is 9.50. The van der Waals surface area contributed by atoms with Gasteiger partial charge in [0.05, 0.1) is 12.2 Å². The fourth-order valence-electron chi connectivity index (χ4n) is 1.43. The van der Waals surface area contributed by atoms with Gasteiger partial charge in [0.15, 0.2) is 0 Å². The van der Waals surface area contributed by atoms with Gasteiger partial charge in [-0.15, -0.1) is 0 Å². The molecular formula is C11H16N2O3. The number of nitrogens with one attached hydrogen (secondary N) is 1. The maximum Gasteiger partial charge on any atom is 0.339 e. The monoisotopic (exact) mass is 224 g/mol. The second kappa shape index (κ2) is 5.46. The van der Waals surface area contributed by atoms with E-state index in [9.17, 15) is 9.59 Å². The summed E-state index contributed by atoms with van der Waals surface area (Å²) in [6.45, 7) is 4.00. The highest BCUT2D eigenvalue weighted by Gasteiger charge is 2.14. The third-order valence-corrected chi connectivity index (χ3v) is 2.27. The van der Waals surface area contributed by atoms with Crippen molar-refractivity contribution >= 4 is 5.97 Å². The van der Waals surface area contributed by atoms with Crippen molar-refractivity contribution in [1.82, 2.24) is 4.98 Å². The van der Waals surface area contributed by atoms with Crippen LogP contribution in [0.4, 0.5) is 0 Å². The number of aromatic amines is 1. The molecule has 1 aromatic rings. The van der Waals surface area contributed by atoms with Gasteiger partial charge >= 0.3 is 5.97 Å². The lowest BCUT2D eigenvalue weighted by Crippen LogP contribution is -2.21. The Morgan fingerprint density at radius 3 is 2.69 bits per heavy atom. The lowest BCUT2D eigenvalue weighted by atomic mass is 10.1. The molecule has 1 rings (SSSR count). The van der Waals surface area contributed by atoms with E-state index in [1.54, 1.807) is 6.92 Å². The number of carbonyl (C=O) groups is 1. The molecule has 3 N–H and O–H groups in total. The summed E-state index contributed by atoms with van der Waals surface area (Å²) in [5.74, 6) is -0.426. The molecule has 1 aromatic heterocycles. The summed E-state index contributed by atoms with van der Waals surface area (Å²) in [5.41, 5.74) is 6.54. The molecule has 0 saturated heterocycles. The van der Waals surface area contributed by atoms with E-state index >= 15 is 0 Å². The predicted octanol–water partition coefficient (Wildman–Crippen LogP) is 0.573. The molecule has 0 unspecified atom stereocenters. The molecule has 0 aliphatic rings. The molecule has 0 atom stereocenters. The maximum absolute atomic E-state index is 11.6. The van der Waals surface area contributed by atoms with Crippen LogP contribution < -0.4 is 11.3 Å². The second-order valence-electron chi connectivity index (χ2n) is 3.29. The number of rotatable bonds is 4.